The minimum absolute atomic E-state index is 0.565. The Labute approximate surface area is 139 Å². The number of hydrogen-bond donors (Lipinski definition) is 0. The highest BCUT2D eigenvalue weighted by Gasteiger charge is 2.07. The van der Waals surface area contributed by atoms with E-state index in [-0.39, 0.29) is 0 Å². The summed E-state index contributed by atoms with van der Waals surface area (Å²) in [5.41, 5.74) is 2.15. The largest absolute Gasteiger partial charge is 0.489 e. The Balaban J connectivity index is 1.59. The van der Waals surface area contributed by atoms with E-state index in [9.17, 15) is 0 Å². The minimum Gasteiger partial charge on any atom is -0.489 e. The smallest absolute Gasteiger partial charge is 0.181 e. The first-order valence-corrected chi connectivity index (χ1v) is 7.73. The van der Waals surface area contributed by atoms with E-state index in [0.29, 0.717) is 6.61 Å². The normalized spacial score (nSPS) is 10.9. The number of ether oxygens (including phenoxy) is 1. The van der Waals surface area contributed by atoms with Gasteiger partial charge in [0.25, 0.3) is 0 Å². The second-order valence-electron chi connectivity index (χ2n) is 5.62. The fourth-order valence-electron chi connectivity index (χ4n) is 2.67. The van der Waals surface area contributed by atoms with Gasteiger partial charge in [0.15, 0.2) is 5.82 Å². The maximum Gasteiger partial charge on any atom is 0.181 e. The van der Waals surface area contributed by atoms with Gasteiger partial charge < -0.3 is 4.74 Å². The molecule has 0 amide bonds. The molecule has 0 N–H and O–H groups in total. The molecule has 0 aliphatic heterocycles. The molecule has 0 spiro atoms. The number of nitrogens with zero attached hydrogens (tertiary/aromatic N) is 4. The summed E-state index contributed by atoms with van der Waals surface area (Å²) in [4.78, 5) is 0. The molecule has 4 rings (SSSR count). The SMILES string of the molecule is Cn1nnnc1-c1ccc2cc(OCc3ccccc3)ccc2c1. The lowest BCUT2D eigenvalue weighted by Gasteiger charge is -2.08. The van der Waals surface area contributed by atoms with Crippen molar-refractivity contribution in [2.45, 2.75) is 6.61 Å². The number of benzene rings is 3. The number of aryl methyl sites for hydroxylation is 1. The second-order valence-corrected chi connectivity index (χ2v) is 5.62. The van der Waals surface area contributed by atoms with Crippen LogP contribution in [0.1, 0.15) is 5.56 Å². The van der Waals surface area contributed by atoms with Gasteiger partial charge in [-0.1, -0.05) is 48.5 Å². The summed E-state index contributed by atoms with van der Waals surface area (Å²) in [6, 6.07) is 22.4. The van der Waals surface area contributed by atoms with Gasteiger partial charge in [-0.25, -0.2) is 4.68 Å². The van der Waals surface area contributed by atoms with Crippen LogP contribution < -0.4 is 4.74 Å². The van der Waals surface area contributed by atoms with Crippen molar-refractivity contribution in [3.63, 3.8) is 0 Å². The Morgan fingerprint density at radius 3 is 2.50 bits per heavy atom. The first kappa shape index (κ1) is 14.4. The van der Waals surface area contributed by atoms with E-state index in [1.807, 2.05) is 37.4 Å². The van der Waals surface area contributed by atoms with Crippen molar-refractivity contribution in [3.05, 3.63) is 72.3 Å². The van der Waals surface area contributed by atoms with Crippen LogP contribution in [0.4, 0.5) is 0 Å². The summed E-state index contributed by atoms with van der Waals surface area (Å²) in [5, 5.41) is 13.9. The lowest BCUT2D eigenvalue weighted by Crippen LogP contribution is -1.95. The van der Waals surface area contributed by atoms with Crippen molar-refractivity contribution in [1.82, 2.24) is 20.2 Å². The highest BCUT2D eigenvalue weighted by atomic mass is 16.5. The number of aromatic nitrogens is 4. The molecular weight excluding hydrogens is 300 g/mol. The van der Waals surface area contributed by atoms with E-state index in [4.69, 9.17) is 4.74 Å². The van der Waals surface area contributed by atoms with Crippen molar-refractivity contribution >= 4 is 10.8 Å². The number of tetrazole rings is 1. The van der Waals surface area contributed by atoms with Crippen molar-refractivity contribution in [2.75, 3.05) is 0 Å². The Hall–Kier alpha value is -3.21. The van der Waals surface area contributed by atoms with Crippen LogP contribution in [0.3, 0.4) is 0 Å². The quantitative estimate of drug-likeness (QED) is 0.577. The predicted molar refractivity (Wildman–Crippen MR) is 92.5 cm³/mol. The third-order valence-corrected chi connectivity index (χ3v) is 3.94. The molecule has 0 unspecified atom stereocenters. The van der Waals surface area contributed by atoms with E-state index in [1.54, 1.807) is 4.68 Å². The maximum absolute atomic E-state index is 5.89. The molecule has 0 atom stereocenters. The molecule has 1 aromatic heterocycles. The average Bonchev–Trinajstić information content (AvgIpc) is 3.06. The van der Waals surface area contributed by atoms with Gasteiger partial charge in [0.1, 0.15) is 12.4 Å². The molecule has 3 aromatic carbocycles. The Kier molecular flexibility index (Phi) is 3.67. The zero-order chi connectivity index (χ0) is 16.4. The van der Waals surface area contributed by atoms with Gasteiger partial charge in [0.2, 0.25) is 0 Å². The molecule has 0 radical (unpaired) electrons. The third kappa shape index (κ3) is 2.84. The number of rotatable bonds is 4. The molecule has 5 nitrogen and oxygen atoms in total. The zero-order valence-corrected chi connectivity index (χ0v) is 13.3. The van der Waals surface area contributed by atoms with E-state index in [0.717, 1.165) is 33.5 Å². The predicted octanol–water partition coefficient (Wildman–Crippen LogP) is 3.61. The lowest BCUT2D eigenvalue weighted by atomic mass is 10.1. The van der Waals surface area contributed by atoms with Crippen molar-refractivity contribution < 1.29 is 4.74 Å². The van der Waals surface area contributed by atoms with Crippen LogP contribution in [-0.2, 0) is 13.7 Å². The summed E-state index contributed by atoms with van der Waals surface area (Å²) in [6.07, 6.45) is 0. The Morgan fingerprint density at radius 2 is 1.71 bits per heavy atom. The Bertz CT molecular complexity index is 979. The van der Waals surface area contributed by atoms with Crippen LogP contribution in [0.2, 0.25) is 0 Å². The summed E-state index contributed by atoms with van der Waals surface area (Å²) in [6.45, 7) is 0.565. The molecule has 0 aliphatic carbocycles. The van der Waals surface area contributed by atoms with E-state index in [2.05, 4.69) is 51.9 Å². The van der Waals surface area contributed by atoms with Gasteiger partial charge in [0, 0.05) is 12.6 Å². The van der Waals surface area contributed by atoms with E-state index >= 15 is 0 Å². The molecule has 118 valence electrons. The number of fused-ring (bicyclic) bond motifs is 1. The molecule has 24 heavy (non-hydrogen) atoms. The van der Waals surface area contributed by atoms with Crippen molar-refractivity contribution in [3.8, 4) is 17.1 Å². The van der Waals surface area contributed by atoms with Crippen LogP contribution in [0, 0.1) is 0 Å². The molecule has 0 saturated carbocycles. The van der Waals surface area contributed by atoms with Gasteiger partial charge in [0.05, 0.1) is 0 Å². The van der Waals surface area contributed by atoms with Gasteiger partial charge in [-0.3, -0.25) is 0 Å². The summed E-state index contributed by atoms with van der Waals surface area (Å²) in [5.74, 6) is 1.61. The molecule has 0 fully saturated rings. The molecular formula is C19H16N4O. The first-order chi connectivity index (χ1) is 11.8. The molecule has 4 aromatic rings. The van der Waals surface area contributed by atoms with Crippen molar-refractivity contribution in [2.24, 2.45) is 7.05 Å². The summed E-state index contributed by atoms with van der Waals surface area (Å²) < 4.78 is 7.55. The molecule has 0 saturated heterocycles. The zero-order valence-electron chi connectivity index (χ0n) is 13.3. The standard InChI is InChI=1S/C19H16N4O/c1-23-19(20-21-22-23)17-8-7-16-12-18(10-9-15(16)11-17)24-13-14-5-3-2-4-6-14/h2-12H,13H2,1H3. The summed E-state index contributed by atoms with van der Waals surface area (Å²) in [7, 11) is 1.83. The first-order valence-electron chi connectivity index (χ1n) is 7.73. The monoisotopic (exact) mass is 316 g/mol. The maximum atomic E-state index is 5.89. The lowest BCUT2D eigenvalue weighted by molar-refractivity contribution is 0.306. The topological polar surface area (TPSA) is 52.8 Å². The average molecular weight is 316 g/mol. The van der Waals surface area contributed by atoms with Gasteiger partial charge in [-0.15, -0.1) is 5.10 Å². The molecule has 0 aliphatic rings. The Morgan fingerprint density at radius 1 is 0.917 bits per heavy atom. The van der Waals surface area contributed by atoms with Gasteiger partial charge in [-0.05, 0) is 45.0 Å². The third-order valence-electron chi connectivity index (χ3n) is 3.94. The molecule has 1 heterocycles. The summed E-state index contributed by atoms with van der Waals surface area (Å²) >= 11 is 0. The van der Waals surface area contributed by atoms with Gasteiger partial charge in [-0.2, -0.15) is 0 Å². The highest BCUT2D eigenvalue weighted by molar-refractivity contribution is 5.87. The van der Waals surface area contributed by atoms with Crippen molar-refractivity contribution in [1.29, 1.82) is 0 Å². The molecule has 0 bridgehead atoms. The van der Waals surface area contributed by atoms with Crippen LogP contribution in [0.25, 0.3) is 22.2 Å². The van der Waals surface area contributed by atoms with Crippen LogP contribution in [-0.4, -0.2) is 20.2 Å². The van der Waals surface area contributed by atoms with Crippen LogP contribution >= 0.6 is 0 Å². The van der Waals surface area contributed by atoms with Crippen LogP contribution in [0.15, 0.2) is 66.7 Å². The van der Waals surface area contributed by atoms with Gasteiger partial charge >= 0.3 is 0 Å². The highest BCUT2D eigenvalue weighted by Crippen LogP contribution is 2.26. The van der Waals surface area contributed by atoms with Crippen LogP contribution in [0.5, 0.6) is 5.75 Å². The second kappa shape index (κ2) is 6.12. The number of hydrogen-bond acceptors (Lipinski definition) is 4. The minimum atomic E-state index is 0.565. The fraction of sp³-hybridized carbons (Fsp3) is 0.105. The van der Waals surface area contributed by atoms with E-state index in [1.165, 1.54) is 0 Å². The van der Waals surface area contributed by atoms with E-state index < -0.39 is 0 Å². The molecule has 5 heteroatoms. The fourth-order valence-corrected chi connectivity index (χ4v) is 2.67.